The minimum Gasteiger partial charge on any atom is -0.493 e. The zero-order chi connectivity index (χ0) is 21.7. The number of halogens is 4. The van der Waals surface area contributed by atoms with Crippen LogP contribution < -0.4 is 14.8 Å². The van der Waals surface area contributed by atoms with Crippen LogP contribution in [0.2, 0.25) is 5.02 Å². The minimum absolute atomic E-state index is 0.358. The van der Waals surface area contributed by atoms with Crippen LogP contribution in [0.4, 0.5) is 13.2 Å². The molecule has 1 aromatic carbocycles. The summed E-state index contributed by atoms with van der Waals surface area (Å²) in [6, 6.07) is 4.62. The average Bonchev–Trinajstić information content (AvgIpc) is 3.36. The normalized spacial score (nSPS) is 15.2. The van der Waals surface area contributed by atoms with Crippen LogP contribution in [-0.2, 0) is 4.79 Å². The molecule has 5 nitrogen and oxygen atoms in total. The molecular formula is C20H20ClF3N2O3S. The number of hydrogen-bond acceptors (Lipinski definition) is 5. The highest BCUT2D eigenvalue weighted by Gasteiger charge is 2.31. The predicted octanol–water partition coefficient (Wildman–Crippen LogP) is 5.85. The molecule has 3 rings (SSSR count). The van der Waals surface area contributed by atoms with Crippen molar-refractivity contribution in [3.8, 4) is 16.7 Å². The van der Waals surface area contributed by atoms with Crippen molar-refractivity contribution in [2.75, 3.05) is 6.61 Å². The van der Waals surface area contributed by atoms with Crippen LogP contribution in [0.25, 0.3) is 6.08 Å². The number of carbonyl (C=O) groups excluding carboxylic acids is 1. The molecule has 0 aliphatic heterocycles. The molecule has 1 amide bonds. The van der Waals surface area contributed by atoms with Gasteiger partial charge >= 0.3 is 6.18 Å². The molecule has 0 spiro atoms. The van der Waals surface area contributed by atoms with Gasteiger partial charge in [-0.3, -0.25) is 4.79 Å². The summed E-state index contributed by atoms with van der Waals surface area (Å²) in [5.74, 6) is 0.686. The van der Waals surface area contributed by atoms with Crippen LogP contribution in [0.3, 0.4) is 0 Å². The van der Waals surface area contributed by atoms with E-state index in [2.05, 4.69) is 10.3 Å². The maximum absolute atomic E-state index is 12.2. The van der Waals surface area contributed by atoms with Gasteiger partial charge in [-0.1, -0.05) is 29.0 Å². The Labute approximate surface area is 180 Å². The van der Waals surface area contributed by atoms with Gasteiger partial charge in [0.1, 0.15) is 17.9 Å². The van der Waals surface area contributed by atoms with Crippen molar-refractivity contribution in [3.05, 3.63) is 40.4 Å². The average molecular weight is 461 g/mol. The number of ether oxygens (including phenoxy) is 2. The van der Waals surface area contributed by atoms with E-state index in [0.29, 0.717) is 39.1 Å². The number of hydrogen-bond donors (Lipinski definition) is 1. The lowest BCUT2D eigenvalue weighted by molar-refractivity contribution is -0.153. The summed E-state index contributed by atoms with van der Waals surface area (Å²) in [5.41, 5.74) is 0. The number of alkyl halides is 3. The van der Waals surface area contributed by atoms with Gasteiger partial charge in [-0.2, -0.15) is 13.2 Å². The molecule has 30 heavy (non-hydrogen) atoms. The third-order valence-electron chi connectivity index (χ3n) is 4.08. The Morgan fingerprint density at radius 3 is 2.87 bits per heavy atom. The van der Waals surface area contributed by atoms with E-state index in [-0.39, 0.29) is 0 Å². The smallest absolute Gasteiger partial charge is 0.397 e. The van der Waals surface area contributed by atoms with E-state index < -0.39 is 24.5 Å². The number of benzene rings is 1. The van der Waals surface area contributed by atoms with Crippen LogP contribution in [-0.4, -0.2) is 29.7 Å². The van der Waals surface area contributed by atoms with Crippen LogP contribution in [0.5, 0.6) is 16.7 Å². The topological polar surface area (TPSA) is 60.5 Å². The first kappa shape index (κ1) is 22.4. The first-order valence-corrected chi connectivity index (χ1v) is 10.5. The van der Waals surface area contributed by atoms with Gasteiger partial charge in [0.15, 0.2) is 0 Å². The summed E-state index contributed by atoms with van der Waals surface area (Å²) in [5, 5.41) is 3.02. The third-order valence-corrected chi connectivity index (χ3v) is 5.22. The van der Waals surface area contributed by atoms with Gasteiger partial charge in [-0.15, -0.1) is 0 Å². The second-order valence-electron chi connectivity index (χ2n) is 6.98. The van der Waals surface area contributed by atoms with Gasteiger partial charge in [0, 0.05) is 18.3 Å². The number of thiazole rings is 1. The molecule has 0 radical (unpaired) electrons. The number of nitrogens with zero attached hydrogens (tertiary/aromatic N) is 1. The molecular weight excluding hydrogens is 441 g/mol. The lowest BCUT2D eigenvalue weighted by atomic mass is 10.2. The van der Waals surface area contributed by atoms with Gasteiger partial charge < -0.3 is 14.8 Å². The molecule has 1 fully saturated rings. The number of rotatable bonds is 9. The standard InChI is InChI=1S/C20H20ClF3N2O3S/c1-12(26-18(27)9-20(22,23)24)2-6-15-10-25-19(30-15)29-17-7-5-14(8-16(17)21)28-11-13-3-4-13/h2,5-8,10,12-13H,3-4,9,11H2,1H3,(H,26,27)/t12-/m0/s1. The van der Waals surface area contributed by atoms with Crippen LogP contribution >= 0.6 is 22.9 Å². The summed E-state index contributed by atoms with van der Waals surface area (Å²) in [6.45, 7) is 2.27. The molecule has 0 saturated heterocycles. The van der Waals surface area contributed by atoms with Crippen molar-refractivity contribution in [2.45, 2.75) is 38.4 Å². The number of nitrogens with one attached hydrogen (secondary N) is 1. The molecule has 2 aromatic rings. The van der Waals surface area contributed by atoms with Gasteiger partial charge in [0.05, 0.1) is 16.5 Å². The van der Waals surface area contributed by atoms with Crippen LogP contribution in [0.15, 0.2) is 30.5 Å². The molecule has 10 heteroatoms. The Balaban J connectivity index is 1.51. The Morgan fingerprint density at radius 1 is 1.43 bits per heavy atom. The lowest BCUT2D eigenvalue weighted by Crippen LogP contribution is -2.34. The van der Waals surface area contributed by atoms with E-state index in [4.69, 9.17) is 21.1 Å². The summed E-state index contributed by atoms with van der Waals surface area (Å²) in [4.78, 5) is 16.2. The van der Waals surface area contributed by atoms with Gasteiger partial charge in [-0.05, 0) is 43.9 Å². The van der Waals surface area contributed by atoms with Crippen molar-refractivity contribution in [3.63, 3.8) is 0 Å². The molecule has 0 bridgehead atoms. The molecule has 1 N–H and O–H groups in total. The van der Waals surface area contributed by atoms with E-state index in [9.17, 15) is 18.0 Å². The highest BCUT2D eigenvalue weighted by Crippen LogP contribution is 2.35. The van der Waals surface area contributed by atoms with Gasteiger partial charge in [0.2, 0.25) is 5.91 Å². The first-order chi connectivity index (χ1) is 14.2. The summed E-state index contributed by atoms with van der Waals surface area (Å²) >= 11 is 7.48. The van der Waals surface area contributed by atoms with E-state index in [1.54, 1.807) is 43.5 Å². The minimum atomic E-state index is -4.53. The zero-order valence-electron chi connectivity index (χ0n) is 16.0. The van der Waals surface area contributed by atoms with Crippen molar-refractivity contribution in [1.82, 2.24) is 10.3 Å². The largest absolute Gasteiger partial charge is 0.493 e. The number of carbonyl (C=O) groups is 1. The molecule has 1 aliphatic rings. The molecule has 1 saturated carbocycles. The Hall–Kier alpha value is -2.26. The summed E-state index contributed by atoms with van der Waals surface area (Å²) in [7, 11) is 0. The quantitative estimate of drug-likeness (QED) is 0.510. The molecule has 0 unspecified atom stereocenters. The van der Waals surface area contributed by atoms with E-state index in [1.807, 2.05) is 0 Å². The second-order valence-corrected chi connectivity index (χ2v) is 8.42. The predicted molar refractivity (Wildman–Crippen MR) is 109 cm³/mol. The fourth-order valence-electron chi connectivity index (χ4n) is 2.42. The first-order valence-electron chi connectivity index (χ1n) is 9.28. The molecule has 1 aromatic heterocycles. The lowest BCUT2D eigenvalue weighted by Gasteiger charge is -2.11. The van der Waals surface area contributed by atoms with E-state index in [0.717, 1.165) is 0 Å². The summed E-state index contributed by atoms with van der Waals surface area (Å²) in [6.07, 6.45) is 1.16. The van der Waals surface area contributed by atoms with Crippen molar-refractivity contribution in [1.29, 1.82) is 0 Å². The van der Waals surface area contributed by atoms with Crippen molar-refractivity contribution in [2.24, 2.45) is 5.92 Å². The summed E-state index contributed by atoms with van der Waals surface area (Å²) < 4.78 is 48.0. The van der Waals surface area contributed by atoms with Crippen LogP contribution in [0.1, 0.15) is 31.1 Å². The SMILES string of the molecule is C[C@@H](C=Cc1cnc(Oc2ccc(OCC3CC3)cc2Cl)s1)NC(=O)CC(F)(F)F. The highest BCUT2D eigenvalue weighted by molar-refractivity contribution is 7.14. The maximum atomic E-state index is 12.2. The molecule has 162 valence electrons. The zero-order valence-corrected chi connectivity index (χ0v) is 17.6. The molecule has 1 atom stereocenters. The van der Waals surface area contributed by atoms with E-state index in [1.165, 1.54) is 24.2 Å². The van der Waals surface area contributed by atoms with Crippen LogP contribution in [0, 0.1) is 5.92 Å². The fourth-order valence-corrected chi connectivity index (χ4v) is 3.31. The third kappa shape index (κ3) is 7.53. The molecule has 1 heterocycles. The number of aromatic nitrogens is 1. The Morgan fingerprint density at radius 2 is 2.20 bits per heavy atom. The Bertz CT molecular complexity index is 913. The van der Waals surface area contributed by atoms with Gasteiger partial charge in [0.25, 0.3) is 5.19 Å². The monoisotopic (exact) mass is 460 g/mol. The maximum Gasteiger partial charge on any atom is 0.397 e. The fraction of sp³-hybridized carbons (Fsp3) is 0.400. The molecule has 1 aliphatic carbocycles. The van der Waals surface area contributed by atoms with Gasteiger partial charge in [-0.25, -0.2) is 4.98 Å². The van der Waals surface area contributed by atoms with Crippen molar-refractivity contribution < 1.29 is 27.4 Å². The van der Waals surface area contributed by atoms with E-state index >= 15 is 0 Å². The Kier molecular flexibility index (Phi) is 7.25. The highest BCUT2D eigenvalue weighted by atomic mass is 35.5. The second kappa shape index (κ2) is 9.70. The number of amides is 1. The van der Waals surface area contributed by atoms with Crippen molar-refractivity contribution >= 4 is 34.9 Å².